The van der Waals surface area contributed by atoms with Crippen molar-refractivity contribution in [3.05, 3.63) is 0 Å². The molecule has 0 bridgehead atoms. The Labute approximate surface area is 52.3 Å². The fourth-order valence-corrected chi connectivity index (χ4v) is 0.515. The van der Waals surface area contributed by atoms with Gasteiger partial charge in [-0.15, -0.1) is 0 Å². The zero-order chi connectivity index (χ0) is 6.24. The highest BCUT2D eigenvalue weighted by atomic mass is 14.8. The Morgan fingerprint density at radius 2 is 2.25 bits per heavy atom. The summed E-state index contributed by atoms with van der Waals surface area (Å²) in [7, 11) is 3.05. The lowest BCUT2D eigenvalue weighted by Crippen LogP contribution is -2.29. The number of rotatable bonds is 5. The fourth-order valence-electron chi connectivity index (χ4n) is 0.515. The molecule has 8 heavy (non-hydrogen) atoms. The molecular formula is C5H15BN2. The van der Waals surface area contributed by atoms with Gasteiger partial charge in [-0.1, -0.05) is 6.92 Å². The van der Waals surface area contributed by atoms with Gasteiger partial charge in [-0.3, -0.25) is 0 Å². The monoisotopic (exact) mass is 114 g/mol. The maximum absolute atomic E-state index is 3.27. The second-order valence-electron chi connectivity index (χ2n) is 1.85. The largest absolute Gasteiger partial charge is 0.358 e. The molecule has 0 amide bonds. The van der Waals surface area contributed by atoms with Gasteiger partial charge in [0.1, 0.15) is 0 Å². The third kappa shape index (κ3) is 5.98. The fraction of sp³-hybridized carbons (Fsp3) is 1.00. The first-order valence-corrected chi connectivity index (χ1v) is 3.27. The second kappa shape index (κ2) is 6.98. The molecule has 0 aliphatic rings. The van der Waals surface area contributed by atoms with Crippen molar-refractivity contribution in [2.24, 2.45) is 0 Å². The van der Waals surface area contributed by atoms with Crippen LogP contribution in [0.15, 0.2) is 0 Å². The molecular weight excluding hydrogens is 98.9 g/mol. The minimum atomic E-state index is 1.07. The number of hydrogen-bond acceptors (Lipinski definition) is 2. The van der Waals surface area contributed by atoms with Gasteiger partial charge in [0, 0.05) is 0 Å². The highest BCUT2D eigenvalue weighted by Gasteiger charge is 1.83. The molecule has 0 rings (SSSR count). The Balaban J connectivity index is 2.53. The summed E-state index contributed by atoms with van der Waals surface area (Å²) in [4.78, 5) is 0. The van der Waals surface area contributed by atoms with Crippen molar-refractivity contribution in [3.8, 4) is 0 Å². The highest BCUT2D eigenvalue weighted by molar-refractivity contribution is 6.32. The predicted octanol–water partition coefficient (Wildman–Crippen LogP) is -0.486. The molecule has 0 aromatic heterocycles. The van der Waals surface area contributed by atoms with Crippen LogP contribution in [0.2, 0.25) is 0 Å². The molecule has 2 nitrogen and oxygen atoms in total. The topological polar surface area (TPSA) is 24.1 Å². The molecule has 0 aromatic rings. The van der Waals surface area contributed by atoms with E-state index in [1.54, 1.807) is 0 Å². The zero-order valence-electron chi connectivity index (χ0n) is 5.83. The standard InChI is InChI=1S/C5H15BN2/c1-3-4-8-6-5-7-2/h6-8H,3-5H2,1-2H3. The Kier molecular flexibility index (Phi) is 6.97. The van der Waals surface area contributed by atoms with Crippen LogP contribution in [-0.2, 0) is 0 Å². The molecule has 0 atom stereocenters. The molecule has 2 N–H and O–H groups in total. The summed E-state index contributed by atoms with van der Waals surface area (Å²) in [6.07, 6.45) is 2.30. The van der Waals surface area contributed by atoms with Crippen molar-refractivity contribution in [2.75, 3.05) is 20.0 Å². The molecule has 0 saturated heterocycles. The molecule has 0 fully saturated rings. The average molecular weight is 114 g/mol. The Bertz CT molecular complexity index is 35.4. The van der Waals surface area contributed by atoms with E-state index in [-0.39, 0.29) is 0 Å². The quantitative estimate of drug-likeness (QED) is 0.372. The maximum atomic E-state index is 3.27. The van der Waals surface area contributed by atoms with Crippen LogP contribution in [0.4, 0.5) is 0 Å². The SMILES string of the molecule is CCCNBCNC. The first-order chi connectivity index (χ1) is 3.91. The minimum absolute atomic E-state index is 1.07. The van der Waals surface area contributed by atoms with Crippen LogP contribution >= 0.6 is 0 Å². The molecule has 0 aliphatic carbocycles. The molecule has 48 valence electrons. The summed E-state index contributed by atoms with van der Waals surface area (Å²) in [5, 5.41) is 6.34. The van der Waals surface area contributed by atoms with E-state index in [1.165, 1.54) is 6.42 Å². The van der Waals surface area contributed by atoms with Gasteiger partial charge in [0.25, 0.3) is 0 Å². The summed E-state index contributed by atoms with van der Waals surface area (Å²) >= 11 is 0. The second-order valence-corrected chi connectivity index (χ2v) is 1.85. The lowest BCUT2D eigenvalue weighted by Gasteiger charge is -1.97. The van der Waals surface area contributed by atoms with Gasteiger partial charge < -0.3 is 10.5 Å². The Morgan fingerprint density at radius 3 is 2.75 bits per heavy atom. The van der Waals surface area contributed by atoms with E-state index in [1.807, 2.05) is 7.05 Å². The van der Waals surface area contributed by atoms with Crippen LogP contribution in [0.1, 0.15) is 13.3 Å². The van der Waals surface area contributed by atoms with Crippen molar-refractivity contribution < 1.29 is 0 Å². The van der Waals surface area contributed by atoms with Crippen molar-refractivity contribution in [1.29, 1.82) is 0 Å². The van der Waals surface area contributed by atoms with Crippen molar-refractivity contribution >= 4 is 7.41 Å². The minimum Gasteiger partial charge on any atom is -0.358 e. The molecule has 0 aromatic carbocycles. The number of hydrogen-bond donors (Lipinski definition) is 2. The van der Waals surface area contributed by atoms with Crippen LogP contribution in [0, 0.1) is 0 Å². The third-order valence-electron chi connectivity index (χ3n) is 0.979. The van der Waals surface area contributed by atoms with Crippen molar-refractivity contribution in [3.63, 3.8) is 0 Å². The van der Waals surface area contributed by atoms with E-state index in [9.17, 15) is 0 Å². The molecule has 0 heterocycles. The molecule has 0 saturated carbocycles. The normalized spacial score (nSPS) is 9.25. The maximum Gasteiger partial charge on any atom is 0.215 e. The smallest absolute Gasteiger partial charge is 0.215 e. The van der Waals surface area contributed by atoms with Crippen LogP contribution in [-0.4, -0.2) is 27.5 Å². The lowest BCUT2D eigenvalue weighted by molar-refractivity contribution is 0.844. The third-order valence-corrected chi connectivity index (χ3v) is 0.979. The van der Waals surface area contributed by atoms with Gasteiger partial charge in [0.2, 0.25) is 7.41 Å². The summed E-state index contributed by atoms with van der Waals surface area (Å²) < 4.78 is 0. The van der Waals surface area contributed by atoms with Gasteiger partial charge in [0.05, 0.1) is 0 Å². The summed E-state index contributed by atoms with van der Waals surface area (Å²) in [6, 6.07) is 0. The molecule has 0 radical (unpaired) electrons. The molecule has 0 aliphatic heterocycles. The first kappa shape index (κ1) is 7.98. The van der Waals surface area contributed by atoms with E-state index in [0.717, 1.165) is 20.4 Å². The van der Waals surface area contributed by atoms with E-state index >= 15 is 0 Å². The van der Waals surface area contributed by atoms with Crippen molar-refractivity contribution in [1.82, 2.24) is 10.5 Å². The van der Waals surface area contributed by atoms with Gasteiger partial charge in [-0.25, -0.2) is 0 Å². The van der Waals surface area contributed by atoms with E-state index in [0.29, 0.717) is 0 Å². The average Bonchev–Trinajstić information content (AvgIpc) is 1.81. The Hall–Kier alpha value is -0.0151. The van der Waals surface area contributed by atoms with Crippen LogP contribution < -0.4 is 10.5 Å². The van der Waals surface area contributed by atoms with Gasteiger partial charge in [-0.2, -0.15) is 0 Å². The zero-order valence-corrected chi connectivity index (χ0v) is 5.83. The van der Waals surface area contributed by atoms with Gasteiger partial charge in [0.15, 0.2) is 0 Å². The molecule has 3 heteroatoms. The molecule has 0 spiro atoms. The summed E-state index contributed by atoms with van der Waals surface area (Å²) in [5.41, 5.74) is 0. The summed E-state index contributed by atoms with van der Waals surface area (Å²) in [5.74, 6) is 0. The lowest BCUT2D eigenvalue weighted by atomic mass is 9.95. The number of nitrogens with one attached hydrogen (secondary N) is 2. The molecule has 0 unspecified atom stereocenters. The van der Waals surface area contributed by atoms with Crippen LogP contribution in [0.5, 0.6) is 0 Å². The first-order valence-electron chi connectivity index (χ1n) is 3.27. The van der Waals surface area contributed by atoms with Gasteiger partial charge in [-0.05, 0) is 26.5 Å². The van der Waals surface area contributed by atoms with E-state index in [2.05, 4.69) is 17.5 Å². The van der Waals surface area contributed by atoms with Crippen LogP contribution in [0.25, 0.3) is 0 Å². The van der Waals surface area contributed by atoms with Crippen LogP contribution in [0.3, 0.4) is 0 Å². The summed E-state index contributed by atoms with van der Waals surface area (Å²) in [6.45, 7) is 3.31. The van der Waals surface area contributed by atoms with Gasteiger partial charge >= 0.3 is 0 Å². The van der Waals surface area contributed by atoms with Crippen molar-refractivity contribution in [2.45, 2.75) is 13.3 Å². The highest BCUT2D eigenvalue weighted by Crippen LogP contribution is 1.65. The van der Waals surface area contributed by atoms with E-state index in [4.69, 9.17) is 0 Å². The Morgan fingerprint density at radius 1 is 1.50 bits per heavy atom. The van der Waals surface area contributed by atoms with E-state index < -0.39 is 0 Å². The predicted molar refractivity (Wildman–Crippen MR) is 39.4 cm³/mol.